The van der Waals surface area contributed by atoms with Crippen LogP contribution in [0.3, 0.4) is 0 Å². The molecule has 0 aliphatic carbocycles. The van der Waals surface area contributed by atoms with Gasteiger partial charge in [0, 0.05) is 11.8 Å². The molecule has 1 aromatic heterocycles. The maximum Gasteiger partial charge on any atom is 0.257 e. The molecule has 44 valence electrons. The largest absolute Gasteiger partial charge is 0.335 e. The first-order chi connectivity index (χ1) is 3.84. The van der Waals surface area contributed by atoms with E-state index in [9.17, 15) is 0 Å². The van der Waals surface area contributed by atoms with Crippen molar-refractivity contribution in [2.24, 2.45) is 0 Å². The Balaban J connectivity index is 2.92. The van der Waals surface area contributed by atoms with Crippen molar-refractivity contribution in [3.63, 3.8) is 0 Å². The van der Waals surface area contributed by atoms with Crippen LogP contribution < -0.4 is 10.7 Å². The monoisotopic (exact) mass is 133 g/mol. The van der Waals surface area contributed by atoms with E-state index in [1.807, 2.05) is 0 Å². The standard InChI is InChI=1S/C2H4ClN5/c3-6-2-7-5-1-8(2)4/h1H,4H2,(H,6,7). The first-order valence-electron chi connectivity index (χ1n) is 1.86. The van der Waals surface area contributed by atoms with Crippen molar-refractivity contribution in [1.82, 2.24) is 14.9 Å². The van der Waals surface area contributed by atoms with E-state index in [1.54, 1.807) is 0 Å². The molecule has 5 nitrogen and oxygen atoms in total. The van der Waals surface area contributed by atoms with E-state index >= 15 is 0 Å². The molecule has 6 heteroatoms. The predicted molar refractivity (Wildman–Crippen MR) is 29.6 cm³/mol. The van der Waals surface area contributed by atoms with Gasteiger partial charge in [-0.05, 0) is 0 Å². The molecule has 1 heterocycles. The second-order valence-electron chi connectivity index (χ2n) is 1.16. The lowest BCUT2D eigenvalue weighted by Crippen LogP contribution is -2.08. The maximum atomic E-state index is 5.20. The molecule has 0 aliphatic heterocycles. The van der Waals surface area contributed by atoms with Crippen LogP contribution in [-0.4, -0.2) is 14.9 Å². The topological polar surface area (TPSA) is 68.8 Å². The fourth-order valence-electron chi connectivity index (χ4n) is 0.310. The highest BCUT2D eigenvalue weighted by Crippen LogP contribution is 1.95. The Kier molecular flexibility index (Phi) is 1.21. The van der Waals surface area contributed by atoms with Crippen molar-refractivity contribution in [3.05, 3.63) is 6.33 Å². The molecule has 3 N–H and O–H groups in total. The number of hydrogen-bond acceptors (Lipinski definition) is 4. The lowest BCUT2D eigenvalue weighted by Gasteiger charge is -1.91. The average Bonchev–Trinajstić information content (AvgIpc) is 2.14. The molecule has 0 radical (unpaired) electrons. The quantitative estimate of drug-likeness (QED) is 0.403. The van der Waals surface area contributed by atoms with Gasteiger partial charge in [-0.25, -0.2) is 4.68 Å². The molecule has 0 aromatic carbocycles. The number of nitrogens with two attached hydrogens (primary N) is 1. The molecule has 0 saturated heterocycles. The number of nitrogen functional groups attached to an aromatic ring is 1. The fourth-order valence-corrected chi connectivity index (χ4v) is 0.446. The Labute approximate surface area is 50.5 Å². The summed E-state index contributed by atoms with van der Waals surface area (Å²) in [5.74, 6) is 5.52. The fraction of sp³-hybridized carbons (Fsp3) is 0. The first-order valence-corrected chi connectivity index (χ1v) is 2.24. The van der Waals surface area contributed by atoms with Crippen LogP contribution in [-0.2, 0) is 0 Å². The summed E-state index contributed by atoms with van der Waals surface area (Å²) in [6.07, 6.45) is 1.34. The number of anilines is 1. The number of hydrogen-bond donors (Lipinski definition) is 2. The van der Waals surface area contributed by atoms with Gasteiger partial charge in [-0.1, -0.05) is 0 Å². The molecule has 0 amide bonds. The molecule has 0 saturated carbocycles. The summed E-state index contributed by atoms with van der Waals surface area (Å²) >= 11 is 5.12. The summed E-state index contributed by atoms with van der Waals surface area (Å²) in [5.41, 5.74) is 0. The highest BCUT2D eigenvalue weighted by molar-refractivity contribution is 6.23. The molecule has 0 spiro atoms. The molecule has 1 aromatic rings. The highest BCUT2D eigenvalue weighted by Gasteiger charge is 1.93. The van der Waals surface area contributed by atoms with Crippen LogP contribution in [0.5, 0.6) is 0 Å². The highest BCUT2D eigenvalue weighted by atomic mass is 35.5. The van der Waals surface area contributed by atoms with E-state index in [2.05, 4.69) is 15.0 Å². The van der Waals surface area contributed by atoms with Crippen LogP contribution in [0.15, 0.2) is 6.33 Å². The summed E-state index contributed by atoms with van der Waals surface area (Å²) in [4.78, 5) is 2.21. The van der Waals surface area contributed by atoms with Gasteiger partial charge in [0.15, 0.2) is 0 Å². The van der Waals surface area contributed by atoms with Crippen molar-refractivity contribution >= 4 is 17.7 Å². The van der Waals surface area contributed by atoms with Gasteiger partial charge in [-0.15, -0.1) is 10.2 Å². The molecule has 0 unspecified atom stereocenters. The average molecular weight is 134 g/mol. The normalized spacial score (nSPS) is 9.12. The minimum Gasteiger partial charge on any atom is -0.335 e. The third-order valence-electron chi connectivity index (χ3n) is 0.658. The van der Waals surface area contributed by atoms with Crippen LogP contribution in [0.1, 0.15) is 0 Å². The second kappa shape index (κ2) is 1.87. The molecule has 0 fully saturated rings. The number of nitrogens with zero attached hydrogens (tertiary/aromatic N) is 3. The number of rotatable bonds is 1. The van der Waals surface area contributed by atoms with E-state index in [0.717, 1.165) is 0 Å². The summed E-state index contributed by atoms with van der Waals surface area (Å²) in [6.45, 7) is 0. The Morgan fingerprint density at radius 2 is 2.62 bits per heavy atom. The van der Waals surface area contributed by atoms with Crippen molar-refractivity contribution in [3.8, 4) is 0 Å². The van der Waals surface area contributed by atoms with Gasteiger partial charge in [0.1, 0.15) is 6.33 Å². The first kappa shape index (κ1) is 5.17. The van der Waals surface area contributed by atoms with Gasteiger partial charge >= 0.3 is 0 Å². The molecule has 8 heavy (non-hydrogen) atoms. The number of nitrogens with one attached hydrogen (secondary N) is 1. The second-order valence-corrected chi connectivity index (χ2v) is 1.35. The van der Waals surface area contributed by atoms with Gasteiger partial charge in [-0.3, -0.25) is 4.84 Å². The zero-order valence-corrected chi connectivity index (χ0v) is 4.63. The SMILES string of the molecule is Nn1cnnc1NCl. The predicted octanol–water partition coefficient (Wildman–Crippen LogP) is -0.442. The molecule has 0 atom stereocenters. The zero-order valence-electron chi connectivity index (χ0n) is 3.87. The van der Waals surface area contributed by atoms with Crippen LogP contribution in [0, 0.1) is 0 Å². The third-order valence-corrected chi connectivity index (χ3v) is 0.827. The summed E-state index contributed by atoms with van der Waals surface area (Å²) < 4.78 is 1.17. The number of halogens is 1. The minimum absolute atomic E-state index is 0.326. The Morgan fingerprint density at radius 3 is 2.88 bits per heavy atom. The molecular formula is C2H4ClN5. The summed E-state index contributed by atoms with van der Waals surface area (Å²) in [6, 6.07) is 0. The Bertz CT molecular complexity index is 171. The zero-order chi connectivity index (χ0) is 5.98. The molecule has 1 rings (SSSR count). The van der Waals surface area contributed by atoms with Crippen LogP contribution in [0.4, 0.5) is 5.95 Å². The van der Waals surface area contributed by atoms with Crippen LogP contribution in [0.25, 0.3) is 0 Å². The summed E-state index contributed by atoms with van der Waals surface area (Å²) in [7, 11) is 0. The van der Waals surface area contributed by atoms with Crippen molar-refractivity contribution in [2.75, 3.05) is 10.7 Å². The van der Waals surface area contributed by atoms with Crippen molar-refractivity contribution < 1.29 is 0 Å². The molecule has 0 aliphatic rings. The Morgan fingerprint density at radius 1 is 1.88 bits per heavy atom. The van der Waals surface area contributed by atoms with Gasteiger partial charge in [0.25, 0.3) is 5.95 Å². The van der Waals surface area contributed by atoms with Crippen LogP contribution >= 0.6 is 11.8 Å². The maximum absolute atomic E-state index is 5.20. The Hall–Kier alpha value is -0.970. The van der Waals surface area contributed by atoms with Gasteiger partial charge in [-0.2, -0.15) is 0 Å². The lowest BCUT2D eigenvalue weighted by molar-refractivity contribution is 1.01. The van der Waals surface area contributed by atoms with Crippen molar-refractivity contribution in [1.29, 1.82) is 0 Å². The van der Waals surface area contributed by atoms with E-state index < -0.39 is 0 Å². The summed E-state index contributed by atoms with van der Waals surface area (Å²) in [5, 5.41) is 6.91. The van der Waals surface area contributed by atoms with Gasteiger partial charge in [0.05, 0.1) is 0 Å². The van der Waals surface area contributed by atoms with E-state index in [4.69, 9.17) is 17.6 Å². The van der Waals surface area contributed by atoms with Crippen LogP contribution in [0.2, 0.25) is 0 Å². The minimum atomic E-state index is 0.326. The number of aromatic nitrogens is 3. The van der Waals surface area contributed by atoms with E-state index in [0.29, 0.717) is 5.95 Å². The van der Waals surface area contributed by atoms with Crippen molar-refractivity contribution in [2.45, 2.75) is 0 Å². The molecular weight excluding hydrogens is 130 g/mol. The van der Waals surface area contributed by atoms with Gasteiger partial charge in [0.2, 0.25) is 0 Å². The molecule has 0 bridgehead atoms. The lowest BCUT2D eigenvalue weighted by atomic mass is 11.1. The van der Waals surface area contributed by atoms with Gasteiger partial charge < -0.3 is 5.84 Å². The third kappa shape index (κ3) is 0.671. The smallest absolute Gasteiger partial charge is 0.257 e. The van der Waals surface area contributed by atoms with E-state index in [-0.39, 0.29) is 0 Å². The van der Waals surface area contributed by atoms with E-state index in [1.165, 1.54) is 11.0 Å².